The van der Waals surface area contributed by atoms with Crippen LogP contribution in [0.15, 0.2) is 115 Å². The van der Waals surface area contributed by atoms with Crippen LogP contribution in [0.5, 0.6) is 0 Å². The average molecular weight is 559 g/mol. The molecule has 5 aromatic rings. The Morgan fingerprint density at radius 1 is 0.725 bits per heavy atom. The van der Waals surface area contributed by atoms with E-state index in [1.807, 2.05) is 12.1 Å². The van der Waals surface area contributed by atoms with E-state index >= 15 is 0 Å². The minimum atomic E-state index is -1.22. The van der Waals surface area contributed by atoms with Crippen LogP contribution in [0.2, 0.25) is 0 Å². The summed E-state index contributed by atoms with van der Waals surface area (Å²) in [5.41, 5.74) is 6.65. The van der Waals surface area contributed by atoms with Gasteiger partial charge in [-0.25, -0.2) is 4.85 Å². The fourth-order valence-electron chi connectivity index (χ4n) is 4.20. The summed E-state index contributed by atoms with van der Waals surface area (Å²) in [4.78, 5) is 20.8. The van der Waals surface area contributed by atoms with E-state index in [9.17, 15) is 4.79 Å². The van der Waals surface area contributed by atoms with Gasteiger partial charge in [0.2, 0.25) is 0 Å². The highest BCUT2D eigenvalue weighted by Gasteiger charge is 2.13. The minimum absolute atomic E-state index is 0.303. The van der Waals surface area contributed by atoms with E-state index in [-0.39, 0.29) is 5.70 Å². The maximum atomic E-state index is 11.0. The molecular formula is C34H26N2O2S2. The van der Waals surface area contributed by atoms with Crippen LogP contribution in [0.3, 0.4) is 0 Å². The molecule has 0 aliphatic carbocycles. The molecule has 0 aliphatic heterocycles. The Morgan fingerprint density at radius 2 is 1.23 bits per heavy atom. The van der Waals surface area contributed by atoms with Crippen LogP contribution in [0.25, 0.3) is 31.1 Å². The van der Waals surface area contributed by atoms with Crippen molar-refractivity contribution in [1.29, 1.82) is 0 Å². The van der Waals surface area contributed by atoms with E-state index in [1.54, 1.807) is 28.7 Å². The third-order valence-corrected chi connectivity index (χ3v) is 8.70. The Morgan fingerprint density at radius 3 is 1.77 bits per heavy atom. The summed E-state index contributed by atoms with van der Waals surface area (Å²) in [7, 11) is 0. The van der Waals surface area contributed by atoms with Crippen molar-refractivity contribution in [3.8, 4) is 20.2 Å². The van der Waals surface area contributed by atoms with Crippen molar-refractivity contribution >= 4 is 51.8 Å². The number of thiophene rings is 2. The molecule has 4 nitrogen and oxygen atoms in total. The normalized spacial score (nSPS) is 11.5. The lowest BCUT2D eigenvalue weighted by atomic mass is 10.1. The third-order valence-electron chi connectivity index (χ3n) is 6.32. The summed E-state index contributed by atoms with van der Waals surface area (Å²) in [6.07, 6.45) is 4.75. The van der Waals surface area contributed by atoms with Gasteiger partial charge in [0.15, 0.2) is 0 Å². The molecule has 2 aromatic heterocycles. The van der Waals surface area contributed by atoms with E-state index in [1.165, 1.54) is 27.0 Å². The Hall–Kier alpha value is -4.70. The van der Waals surface area contributed by atoms with Crippen molar-refractivity contribution in [1.82, 2.24) is 0 Å². The summed E-state index contributed by atoms with van der Waals surface area (Å²) < 4.78 is 0. The van der Waals surface area contributed by atoms with Crippen molar-refractivity contribution in [3.05, 3.63) is 142 Å². The van der Waals surface area contributed by atoms with Gasteiger partial charge in [-0.2, -0.15) is 0 Å². The van der Waals surface area contributed by atoms with E-state index in [4.69, 9.17) is 11.7 Å². The van der Waals surface area contributed by atoms with Gasteiger partial charge in [0.05, 0.1) is 6.57 Å². The van der Waals surface area contributed by atoms with Crippen LogP contribution in [-0.2, 0) is 4.79 Å². The van der Waals surface area contributed by atoms with Crippen LogP contribution < -0.4 is 4.90 Å². The van der Waals surface area contributed by atoms with Crippen LogP contribution in [0.4, 0.5) is 17.1 Å². The molecule has 0 aliphatic rings. The lowest BCUT2D eigenvalue weighted by Crippen LogP contribution is -2.09. The van der Waals surface area contributed by atoms with E-state index in [2.05, 4.69) is 115 Å². The smallest absolute Gasteiger partial charge is 0.333 e. The zero-order chi connectivity index (χ0) is 28.1. The Kier molecular flexibility index (Phi) is 8.07. The summed E-state index contributed by atoms with van der Waals surface area (Å²) in [6, 6.07) is 34.2. The van der Waals surface area contributed by atoms with Crippen molar-refractivity contribution in [2.75, 3.05) is 4.90 Å². The molecule has 3 aromatic carbocycles. The Balaban J connectivity index is 1.37. The number of nitrogens with zero attached hydrogens (tertiary/aromatic N) is 2. The van der Waals surface area contributed by atoms with Gasteiger partial charge >= 0.3 is 5.97 Å². The number of rotatable bonds is 8. The average Bonchev–Trinajstić information content (AvgIpc) is 3.64. The molecule has 2 heterocycles. The Bertz CT molecular complexity index is 1690. The molecule has 0 spiro atoms. The van der Waals surface area contributed by atoms with Gasteiger partial charge in [-0.1, -0.05) is 53.6 Å². The molecule has 0 amide bonds. The minimum Gasteiger partial charge on any atom is -0.486 e. The number of aryl methyl sites for hydroxylation is 2. The first-order valence-electron chi connectivity index (χ1n) is 12.6. The van der Waals surface area contributed by atoms with E-state index in [0.29, 0.717) is 0 Å². The maximum Gasteiger partial charge on any atom is 0.333 e. The van der Waals surface area contributed by atoms with Gasteiger partial charge in [0, 0.05) is 36.6 Å². The lowest BCUT2D eigenvalue weighted by molar-refractivity contribution is -0.132. The largest absolute Gasteiger partial charge is 0.486 e. The zero-order valence-electron chi connectivity index (χ0n) is 22.0. The Labute approximate surface area is 242 Å². The van der Waals surface area contributed by atoms with Gasteiger partial charge in [0.1, 0.15) is 0 Å². The summed E-state index contributed by atoms with van der Waals surface area (Å²) >= 11 is 3.37. The molecule has 0 saturated heterocycles. The second-order valence-electron chi connectivity index (χ2n) is 9.25. The highest BCUT2D eigenvalue weighted by atomic mass is 32.1. The van der Waals surface area contributed by atoms with E-state index < -0.39 is 5.97 Å². The van der Waals surface area contributed by atoms with Gasteiger partial charge in [-0.15, -0.1) is 22.7 Å². The summed E-state index contributed by atoms with van der Waals surface area (Å²) in [6.45, 7) is 11.1. The van der Waals surface area contributed by atoms with Crippen molar-refractivity contribution in [3.63, 3.8) is 0 Å². The highest BCUT2D eigenvalue weighted by molar-refractivity contribution is 7.24. The second kappa shape index (κ2) is 12.0. The number of aliphatic carboxylic acids is 1. The van der Waals surface area contributed by atoms with Crippen molar-refractivity contribution in [2.24, 2.45) is 0 Å². The number of carboxylic acids is 1. The van der Waals surface area contributed by atoms with Crippen LogP contribution in [-0.4, -0.2) is 11.1 Å². The first-order valence-corrected chi connectivity index (χ1v) is 14.3. The monoisotopic (exact) mass is 558 g/mol. The van der Waals surface area contributed by atoms with Gasteiger partial charge in [-0.3, -0.25) is 4.79 Å². The van der Waals surface area contributed by atoms with E-state index in [0.717, 1.165) is 32.4 Å². The molecule has 5 rings (SSSR count). The molecule has 1 N–H and O–H groups in total. The molecule has 196 valence electrons. The molecule has 0 unspecified atom stereocenters. The van der Waals surface area contributed by atoms with Crippen molar-refractivity contribution in [2.45, 2.75) is 13.8 Å². The van der Waals surface area contributed by atoms with Crippen molar-refractivity contribution < 1.29 is 9.90 Å². The molecule has 0 fully saturated rings. The molecule has 0 radical (unpaired) electrons. The van der Waals surface area contributed by atoms with Crippen LogP contribution in [0.1, 0.15) is 16.0 Å². The van der Waals surface area contributed by atoms with Crippen LogP contribution >= 0.6 is 22.7 Å². The number of allylic oxidation sites excluding steroid dienone is 2. The SMILES string of the molecule is [C-]#[N+]/C(=C\C=C\c1ccc(-c2ccc(-c3ccc(N(c4ccc(C)cc4)c4ccc(C)cc4)cc3)s2)s1)C(=O)O. The third kappa shape index (κ3) is 6.13. The van der Waals surface area contributed by atoms with Gasteiger partial charge in [-0.05, 0) is 92.2 Å². The molecule has 0 bridgehead atoms. The van der Waals surface area contributed by atoms with Gasteiger partial charge < -0.3 is 10.0 Å². The molecular weight excluding hydrogens is 533 g/mol. The first kappa shape index (κ1) is 26.9. The first-order chi connectivity index (χ1) is 19.4. The number of benzene rings is 3. The summed E-state index contributed by atoms with van der Waals surface area (Å²) in [5, 5.41) is 8.97. The number of carboxylic acid groups (broad SMARTS) is 1. The topological polar surface area (TPSA) is 44.9 Å². The predicted molar refractivity (Wildman–Crippen MR) is 169 cm³/mol. The maximum absolute atomic E-state index is 11.0. The zero-order valence-corrected chi connectivity index (χ0v) is 23.7. The molecule has 40 heavy (non-hydrogen) atoms. The molecule has 0 saturated carbocycles. The fraction of sp³-hybridized carbons (Fsp3) is 0.0588. The molecule has 6 heteroatoms. The number of anilines is 3. The number of hydrogen-bond donors (Lipinski definition) is 1. The predicted octanol–water partition coefficient (Wildman–Crippen LogP) is 10.1. The lowest BCUT2D eigenvalue weighted by Gasteiger charge is -2.26. The standard InChI is InChI=1S/C34H26N2O2S2/c1-23-7-13-26(14-8-23)36(27-15-9-24(2)10-16-27)28-17-11-25(12-18-28)31-21-22-33(40-31)32-20-19-29(39-32)5-4-6-30(35-3)34(37)38/h4-22H,1-2H3,(H,37,38)/b5-4+,30-6-. The number of hydrogen-bond acceptors (Lipinski definition) is 4. The quantitative estimate of drug-likeness (QED) is 0.117. The van der Waals surface area contributed by atoms with Crippen LogP contribution in [0, 0.1) is 20.4 Å². The second-order valence-corrected chi connectivity index (χ2v) is 11.4. The van der Waals surface area contributed by atoms with Gasteiger partial charge in [0.25, 0.3) is 5.70 Å². The molecule has 0 atom stereocenters. The fourth-order valence-corrected chi connectivity index (χ4v) is 6.22. The number of carbonyl (C=O) groups is 1. The highest BCUT2D eigenvalue weighted by Crippen LogP contribution is 2.40. The summed E-state index contributed by atoms with van der Waals surface area (Å²) in [5.74, 6) is -1.22.